The average Bonchev–Trinajstić information content (AvgIpc) is 2.79. The number of hydrogen-bond acceptors (Lipinski definition) is 4. The van der Waals surface area contributed by atoms with Gasteiger partial charge in [0.2, 0.25) is 0 Å². The Morgan fingerprint density at radius 2 is 2.27 bits per heavy atom. The van der Waals surface area contributed by atoms with Crippen LogP contribution in [0.25, 0.3) is 0 Å². The summed E-state index contributed by atoms with van der Waals surface area (Å²) in [4.78, 5) is 4.07. The van der Waals surface area contributed by atoms with Crippen LogP contribution in [-0.2, 0) is 4.75 Å². The summed E-state index contributed by atoms with van der Waals surface area (Å²) in [6, 6.07) is 4.20. The highest BCUT2D eigenvalue weighted by atomic mass is 32.2. The molecule has 80 valence electrons. The van der Waals surface area contributed by atoms with E-state index < -0.39 is 0 Å². The normalized spacial score (nSPS) is 25.4. The van der Waals surface area contributed by atoms with Crippen LogP contribution in [0.5, 0.6) is 0 Å². The van der Waals surface area contributed by atoms with Crippen LogP contribution in [-0.4, -0.2) is 21.2 Å². The van der Waals surface area contributed by atoms with Crippen LogP contribution < -0.4 is 0 Å². The van der Waals surface area contributed by atoms with Crippen molar-refractivity contribution in [2.45, 2.75) is 17.6 Å². The highest BCUT2D eigenvalue weighted by Gasteiger charge is 2.40. The first-order valence-electron chi connectivity index (χ1n) is 4.92. The molecule has 0 saturated carbocycles. The second-order valence-electron chi connectivity index (χ2n) is 3.51. The summed E-state index contributed by atoms with van der Waals surface area (Å²) in [5, 5.41) is 0. The number of hydrogen-bond donors (Lipinski definition) is 0. The SMILES string of the molecule is CSC(=S)C1(c2ccncc2)CCCS1. The Labute approximate surface area is 104 Å². The van der Waals surface area contributed by atoms with Gasteiger partial charge < -0.3 is 0 Å². The summed E-state index contributed by atoms with van der Waals surface area (Å²) in [7, 11) is 0. The highest BCUT2D eigenvalue weighted by Crippen LogP contribution is 2.49. The van der Waals surface area contributed by atoms with Crippen molar-refractivity contribution in [3.8, 4) is 0 Å². The van der Waals surface area contributed by atoms with Crippen molar-refractivity contribution in [2.24, 2.45) is 0 Å². The third kappa shape index (κ3) is 2.08. The maximum Gasteiger partial charge on any atom is 0.0819 e. The quantitative estimate of drug-likeness (QED) is 0.750. The predicted octanol–water partition coefficient (Wildman–Crippen LogP) is 3.49. The Morgan fingerprint density at radius 1 is 1.53 bits per heavy atom. The zero-order chi connectivity index (χ0) is 10.7. The minimum Gasteiger partial charge on any atom is -0.265 e. The lowest BCUT2D eigenvalue weighted by atomic mass is 9.96. The van der Waals surface area contributed by atoms with Crippen LogP contribution in [0.3, 0.4) is 0 Å². The van der Waals surface area contributed by atoms with Crippen molar-refractivity contribution in [1.82, 2.24) is 4.98 Å². The number of nitrogens with zero attached hydrogens (tertiary/aromatic N) is 1. The van der Waals surface area contributed by atoms with Gasteiger partial charge in [-0.15, -0.1) is 23.5 Å². The minimum atomic E-state index is 0.0672. The van der Waals surface area contributed by atoms with Gasteiger partial charge in [0, 0.05) is 12.4 Å². The Hall–Kier alpha value is -0.0600. The van der Waals surface area contributed by atoms with Gasteiger partial charge >= 0.3 is 0 Å². The molecule has 1 fully saturated rings. The maximum absolute atomic E-state index is 5.53. The van der Waals surface area contributed by atoms with Crippen molar-refractivity contribution < 1.29 is 0 Å². The number of thioether (sulfide) groups is 2. The first kappa shape index (κ1) is 11.4. The van der Waals surface area contributed by atoms with Gasteiger partial charge in [0.25, 0.3) is 0 Å². The fraction of sp³-hybridized carbons (Fsp3) is 0.455. The van der Waals surface area contributed by atoms with E-state index in [1.807, 2.05) is 24.2 Å². The molecule has 1 aliphatic heterocycles. The molecule has 0 amide bonds. The molecule has 2 rings (SSSR count). The zero-order valence-corrected chi connectivity index (χ0v) is 11.1. The minimum absolute atomic E-state index is 0.0672. The van der Waals surface area contributed by atoms with Gasteiger partial charge in [-0.25, -0.2) is 0 Å². The first-order chi connectivity index (χ1) is 7.29. The van der Waals surface area contributed by atoms with Crippen molar-refractivity contribution in [3.63, 3.8) is 0 Å². The van der Waals surface area contributed by atoms with E-state index in [1.165, 1.54) is 24.2 Å². The lowest BCUT2D eigenvalue weighted by Gasteiger charge is -2.28. The second kappa shape index (κ2) is 4.85. The lowest BCUT2D eigenvalue weighted by Crippen LogP contribution is -2.25. The average molecular weight is 255 g/mol. The molecule has 4 heteroatoms. The van der Waals surface area contributed by atoms with Crippen molar-refractivity contribution in [2.75, 3.05) is 12.0 Å². The summed E-state index contributed by atoms with van der Waals surface area (Å²) >= 11 is 9.22. The Kier molecular flexibility index (Phi) is 3.69. The van der Waals surface area contributed by atoms with E-state index in [0.717, 1.165) is 4.20 Å². The molecule has 0 bridgehead atoms. The third-order valence-corrected chi connectivity index (χ3v) is 6.14. The Morgan fingerprint density at radius 3 is 2.80 bits per heavy atom. The van der Waals surface area contributed by atoms with Gasteiger partial charge in [-0.05, 0) is 42.5 Å². The van der Waals surface area contributed by atoms with Crippen molar-refractivity contribution >= 4 is 39.9 Å². The van der Waals surface area contributed by atoms with Crippen LogP contribution >= 0.6 is 35.7 Å². The summed E-state index contributed by atoms with van der Waals surface area (Å²) in [6.07, 6.45) is 8.22. The van der Waals surface area contributed by atoms with Gasteiger partial charge in [-0.1, -0.05) is 12.2 Å². The van der Waals surface area contributed by atoms with E-state index in [1.54, 1.807) is 11.8 Å². The van der Waals surface area contributed by atoms with Gasteiger partial charge in [-0.2, -0.15) is 0 Å². The Bertz CT molecular complexity index is 344. The molecular weight excluding hydrogens is 242 g/mol. The van der Waals surface area contributed by atoms with Gasteiger partial charge in [0.05, 0.1) is 8.94 Å². The van der Waals surface area contributed by atoms with Gasteiger partial charge in [0.1, 0.15) is 0 Å². The molecule has 1 aromatic rings. The number of aromatic nitrogens is 1. The fourth-order valence-corrected chi connectivity index (χ4v) is 4.65. The van der Waals surface area contributed by atoms with E-state index in [4.69, 9.17) is 12.2 Å². The molecule has 0 N–H and O–H groups in total. The summed E-state index contributed by atoms with van der Waals surface area (Å²) < 4.78 is 1.17. The first-order valence-corrected chi connectivity index (χ1v) is 7.54. The topological polar surface area (TPSA) is 12.9 Å². The zero-order valence-electron chi connectivity index (χ0n) is 8.60. The summed E-state index contributed by atoms with van der Waals surface area (Å²) in [5.41, 5.74) is 1.32. The van der Waals surface area contributed by atoms with Crippen LogP contribution in [0.1, 0.15) is 18.4 Å². The largest absolute Gasteiger partial charge is 0.265 e. The van der Waals surface area contributed by atoms with E-state index in [0.29, 0.717) is 0 Å². The predicted molar refractivity (Wildman–Crippen MR) is 73.7 cm³/mol. The smallest absolute Gasteiger partial charge is 0.0819 e. The van der Waals surface area contributed by atoms with Crippen molar-refractivity contribution in [3.05, 3.63) is 30.1 Å². The van der Waals surface area contributed by atoms with E-state index in [-0.39, 0.29) is 4.75 Å². The van der Waals surface area contributed by atoms with E-state index >= 15 is 0 Å². The van der Waals surface area contributed by atoms with E-state index in [9.17, 15) is 0 Å². The Balaban J connectivity index is 2.39. The van der Waals surface area contributed by atoms with Gasteiger partial charge in [0.15, 0.2) is 0 Å². The molecule has 1 atom stereocenters. The molecule has 1 unspecified atom stereocenters. The van der Waals surface area contributed by atoms with E-state index in [2.05, 4.69) is 23.4 Å². The monoisotopic (exact) mass is 255 g/mol. The van der Waals surface area contributed by atoms with Gasteiger partial charge in [-0.3, -0.25) is 4.98 Å². The molecule has 15 heavy (non-hydrogen) atoms. The fourth-order valence-electron chi connectivity index (χ4n) is 1.93. The van der Waals surface area contributed by atoms with Crippen LogP contribution in [0, 0.1) is 0 Å². The highest BCUT2D eigenvalue weighted by molar-refractivity contribution is 8.24. The molecule has 0 aromatic carbocycles. The number of rotatable bonds is 2. The molecule has 2 heterocycles. The molecule has 1 nitrogen and oxygen atoms in total. The maximum atomic E-state index is 5.53. The van der Waals surface area contributed by atoms with Crippen LogP contribution in [0.2, 0.25) is 0 Å². The molecule has 1 aliphatic rings. The third-order valence-electron chi connectivity index (χ3n) is 2.68. The molecular formula is C11H13NS3. The molecule has 0 radical (unpaired) electrons. The lowest BCUT2D eigenvalue weighted by molar-refractivity contribution is 0.754. The number of pyridine rings is 1. The molecule has 1 aromatic heterocycles. The van der Waals surface area contributed by atoms with Crippen molar-refractivity contribution in [1.29, 1.82) is 0 Å². The summed E-state index contributed by atoms with van der Waals surface area (Å²) in [5.74, 6) is 1.21. The molecule has 0 spiro atoms. The molecule has 1 saturated heterocycles. The van der Waals surface area contributed by atoms with Crippen LogP contribution in [0.15, 0.2) is 24.5 Å². The number of thiocarbonyl (C=S) groups is 1. The second-order valence-corrected chi connectivity index (χ2v) is 6.38. The molecule has 0 aliphatic carbocycles. The van der Waals surface area contributed by atoms with Crippen LogP contribution in [0.4, 0.5) is 0 Å². The summed E-state index contributed by atoms with van der Waals surface area (Å²) in [6.45, 7) is 0. The standard InChI is InChI=1S/C11H13NS3/c1-14-10(13)11(5-2-8-15-11)9-3-6-12-7-4-9/h3-4,6-7H,2,5,8H2,1H3.